The smallest absolute Gasteiger partial charge is 0.208 e. The van der Waals surface area contributed by atoms with Crippen LogP contribution in [0.15, 0.2) is 29.4 Å². The summed E-state index contributed by atoms with van der Waals surface area (Å²) in [6.45, 7) is 15.8. The highest BCUT2D eigenvalue weighted by Gasteiger charge is 2.41. The molecule has 1 unspecified atom stereocenters. The van der Waals surface area contributed by atoms with Gasteiger partial charge in [-0.2, -0.15) is 0 Å². The van der Waals surface area contributed by atoms with E-state index >= 15 is 0 Å². The second-order valence-electron chi connectivity index (χ2n) is 6.10. The molecule has 17 heavy (non-hydrogen) atoms. The maximum absolute atomic E-state index is 4.76. The molecule has 0 spiro atoms. The average Bonchev–Trinajstić information content (AvgIpc) is 2.15. The molecule has 0 saturated heterocycles. The van der Waals surface area contributed by atoms with E-state index in [4.69, 9.17) is 4.99 Å². The molecule has 0 aliphatic carbocycles. The second kappa shape index (κ2) is 5.18. The van der Waals surface area contributed by atoms with E-state index in [0.717, 1.165) is 17.6 Å². The van der Waals surface area contributed by atoms with Gasteiger partial charge in [0.25, 0.3) is 0 Å². The van der Waals surface area contributed by atoms with Gasteiger partial charge in [0.15, 0.2) is 0 Å². The van der Waals surface area contributed by atoms with E-state index in [-0.39, 0.29) is 5.41 Å². The number of amidine groups is 1. The monoisotopic (exact) mass is 235 g/mol. The summed E-state index contributed by atoms with van der Waals surface area (Å²) in [6, 6.07) is 0.550. The van der Waals surface area contributed by atoms with Crippen molar-refractivity contribution in [2.75, 3.05) is 13.1 Å². The third-order valence-corrected chi connectivity index (χ3v) is 3.61. The Morgan fingerprint density at radius 2 is 1.94 bits per heavy atom. The molecule has 2 heteroatoms. The summed E-state index contributed by atoms with van der Waals surface area (Å²) in [5.74, 6) is 1.29. The zero-order valence-electron chi connectivity index (χ0n) is 12.2. The van der Waals surface area contributed by atoms with Crippen molar-refractivity contribution in [3.05, 3.63) is 24.4 Å². The highest BCUT2D eigenvalue weighted by atomic mass is 15.4. The zero-order valence-corrected chi connectivity index (χ0v) is 12.2. The first-order valence-electron chi connectivity index (χ1n) is 6.62. The summed E-state index contributed by atoms with van der Waals surface area (Å²) in [5, 5.41) is 0. The van der Waals surface area contributed by atoms with Crippen LogP contribution in [0.4, 0.5) is 0 Å². The molecule has 0 bridgehead atoms. The minimum Gasteiger partial charge on any atom is -0.273 e. The van der Waals surface area contributed by atoms with Crippen LogP contribution in [-0.4, -0.2) is 29.5 Å². The Bertz CT molecular complexity index is 342. The Balaban J connectivity index is 3.34. The molecule has 0 fully saturated rings. The minimum atomic E-state index is 0.107. The predicted octanol–water partition coefficient (Wildman–Crippen LogP) is 3.76. The number of likely N-dealkylation sites (N-methyl/N-ethyl adjacent to an activating group) is 1. The molecule has 96 valence electrons. The van der Waals surface area contributed by atoms with Crippen molar-refractivity contribution in [1.82, 2.24) is 0 Å². The molecule has 1 rings (SSSR count). The van der Waals surface area contributed by atoms with Gasteiger partial charge in [-0.25, -0.2) is 4.99 Å². The van der Waals surface area contributed by atoms with Gasteiger partial charge in [-0.05, 0) is 53.7 Å². The zero-order chi connectivity index (χ0) is 13.1. The largest absolute Gasteiger partial charge is 0.273 e. The summed E-state index contributed by atoms with van der Waals surface area (Å²) in [6.07, 6.45) is 8.32. The predicted molar refractivity (Wildman–Crippen MR) is 76.0 cm³/mol. The highest BCUT2D eigenvalue weighted by molar-refractivity contribution is 5.82. The first kappa shape index (κ1) is 14.2. The normalized spacial score (nSPS) is 32.5. The standard InChI is InChI=1S/C15H27N2/c1-7-17(13(2)3)12-10-8-9-11-16-14(17)15(4,5)6/h8-11,13H,7,12H2,1-6H3/q+1/b10-8-,11-9-,16-14-. The number of nitrogens with zero attached hydrogens (tertiary/aromatic N) is 2. The van der Waals surface area contributed by atoms with Gasteiger partial charge in [0.1, 0.15) is 6.54 Å². The number of allylic oxidation sites excluding steroid dienone is 2. The molecule has 0 aromatic heterocycles. The van der Waals surface area contributed by atoms with Crippen molar-refractivity contribution >= 4 is 5.84 Å². The third kappa shape index (κ3) is 2.86. The summed E-state index contributed by atoms with van der Waals surface area (Å²) in [7, 11) is 0. The Morgan fingerprint density at radius 1 is 1.29 bits per heavy atom. The fourth-order valence-electron chi connectivity index (χ4n) is 2.65. The van der Waals surface area contributed by atoms with Crippen LogP contribution < -0.4 is 0 Å². The Labute approximate surface area is 106 Å². The molecule has 2 nitrogen and oxygen atoms in total. The van der Waals surface area contributed by atoms with Crippen LogP contribution >= 0.6 is 0 Å². The molecule has 0 saturated carbocycles. The molecule has 1 aliphatic heterocycles. The van der Waals surface area contributed by atoms with Crippen LogP contribution in [0.25, 0.3) is 0 Å². The number of hydrogen-bond donors (Lipinski definition) is 0. The molecule has 0 N–H and O–H groups in total. The number of quaternary nitrogens is 1. The van der Waals surface area contributed by atoms with Crippen molar-refractivity contribution in [2.45, 2.75) is 47.6 Å². The van der Waals surface area contributed by atoms with E-state index in [9.17, 15) is 0 Å². The lowest BCUT2D eigenvalue weighted by Crippen LogP contribution is -2.61. The lowest BCUT2D eigenvalue weighted by molar-refractivity contribution is -0.859. The van der Waals surface area contributed by atoms with Crippen molar-refractivity contribution < 1.29 is 4.48 Å². The number of rotatable bonds is 2. The van der Waals surface area contributed by atoms with Crippen molar-refractivity contribution in [3.8, 4) is 0 Å². The molecule has 1 atom stereocenters. The maximum Gasteiger partial charge on any atom is 0.208 e. The van der Waals surface area contributed by atoms with Crippen LogP contribution in [0.5, 0.6) is 0 Å². The van der Waals surface area contributed by atoms with Crippen molar-refractivity contribution in [2.24, 2.45) is 10.4 Å². The van der Waals surface area contributed by atoms with E-state index in [2.05, 4.69) is 53.7 Å². The molecule has 1 heterocycles. The number of hydrogen-bond acceptors (Lipinski definition) is 1. The third-order valence-electron chi connectivity index (χ3n) is 3.61. The first-order valence-corrected chi connectivity index (χ1v) is 6.62. The van der Waals surface area contributed by atoms with E-state index in [1.54, 1.807) is 0 Å². The van der Waals surface area contributed by atoms with Gasteiger partial charge < -0.3 is 0 Å². The maximum atomic E-state index is 4.76. The summed E-state index contributed by atoms with van der Waals surface area (Å²) in [5.41, 5.74) is 0.107. The summed E-state index contributed by atoms with van der Waals surface area (Å²) in [4.78, 5) is 4.76. The summed E-state index contributed by atoms with van der Waals surface area (Å²) >= 11 is 0. The Hall–Kier alpha value is -0.890. The number of aliphatic imine (C=N–C) groups is 1. The van der Waals surface area contributed by atoms with Gasteiger partial charge in [0.2, 0.25) is 5.84 Å². The van der Waals surface area contributed by atoms with Crippen LogP contribution in [0.2, 0.25) is 0 Å². The second-order valence-corrected chi connectivity index (χ2v) is 6.10. The van der Waals surface area contributed by atoms with Crippen molar-refractivity contribution in [3.63, 3.8) is 0 Å². The molecule has 0 aromatic carbocycles. The lowest BCUT2D eigenvalue weighted by Gasteiger charge is -2.45. The van der Waals surface area contributed by atoms with Gasteiger partial charge in [-0.15, -0.1) is 0 Å². The highest BCUT2D eigenvalue weighted by Crippen LogP contribution is 2.29. The van der Waals surface area contributed by atoms with E-state index in [1.807, 2.05) is 12.3 Å². The fraction of sp³-hybridized carbons (Fsp3) is 0.667. The minimum absolute atomic E-state index is 0.107. The van der Waals surface area contributed by atoms with Crippen LogP contribution in [0.1, 0.15) is 41.5 Å². The van der Waals surface area contributed by atoms with E-state index in [0.29, 0.717) is 6.04 Å². The molecular weight excluding hydrogens is 208 g/mol. The van der Waals surface area contributed by atoms with Crippen LogP contribution in [0, 0.1) is 5.41 Å². The lowest BCUT2D eigenvalue weighted by atomic mass is 9.90. The van der Waals surface area contributed by atoms with Gasteiger partial charge in [0, 0.05) is 6.20 Å². The quantitative estimate of drug-likeness (QED) is 0.646. The molecule has 0 amide bonds. The van der Waals surface area contributed by atoms with E-state index in [1.165, 1.54) is 5.84 Å². The van der Waals surface area contributed by atoms with E-state index < -0.39 is 0 Å². The molecule has 0 radical (unpaired) electrons. The summed E-state index contributed by atoms with van der Waals surface area (Å²) < 4.78 is 0.963. The van der Waals surface area contributed by atoms with Gasteiger partial charge in [0.05, 0.1) is 18.0 Å². The Morgan fingerprint density at radius 3 is 2.41 bits per heavy atom. The molecular formula is C15H27N2+. The first-order chi connectivity index (χ1) is 7.84. The van der Waals surface area contributed by atoms with Gasteiger partial charge in [-0.1, -0.05) is 6.08 Å². The molecule has 1 aliphatic rings. The topological polar surface area (TPSA) is 12.4 Å². The molecule has 0 aromatic rings. The Kier molecular flexibility index (Phi) is 4.31. The SMILES string of the molecule is CC[N+]1(C(C)C)C\C=C/C=C\N=C/1C(C)(C)C. The van der Waals surface area contributed by atoms with Crippen molar-refractivity contribution in [1.29, 1.82) is 0 Å². The van der Waals surface area contributed by atoms with Gasteiger partial charge >= 0.3 is 0 Å². The fourth-order valence-corrected chi connectivity index (χ4v) is 2.65. The van der Waals surface area contributed by atoms with Crippen LogP contribution in [-0.2, 0) is 0 Å². The van der Waals surface area contributed by atoms with Gasteiger partial charge in [-0.3, -0.25) is 4.48 Å². The average molecular weight is 235 g/mol. The van der Waals surface area contributed by atoms with Crippen LogP contribution in [0.3, 0.4) is 0 Å².